The van der Waals surface area contributed by atoms with E-state index in [1.54, 1.807) is 21.9 Å². The largest absolute Gasteiger partial charge is 0.456 e. The monoisotopic (exact) mass is 375 g/mol. The smallest absolute Gasteiger partial charge is 0.306 e. The topological polar surface area (TPSA) is 96.0 Å². The Bertz CT molecular complexity index is 711. The lowest BCUT2D eigenvalue weighted by molar-refractivity contribution is -0.149. The van der Waals surface area contributed by atoms with E-state index in [9.17, 15) is 19.2 Å². The van der Waals surface area contributed by atoms with Crippen LogP contribution in [0, 0.1) is 6.92 Å². The van der Waals surface area contributed by atoms with Crippen molar-refractivity contribution in [2.24, 2.45) is 0 Å². The van der Waals surface area contributed by atoms with E-state index in [2.05, 4.69) is 5.32 Å². The highest BCUT2D eigenvalue weighted by atomic mass is 16.5. The molecular weight excluding hydrogens is 350 g/mol. The maximum Gasteiger partial charge on any atom is 0.306 e. The van der Waals surface area contributed by atoms with Crippen LogP contribution in [0.2, 0.25) is 0 Å². The van der Waals surface area contributed by atoms with E-state index in [4.69, 9.17) is 4.74 Å². The molecule has 0 saturated carbocycles. The minimum absolute atomic E-state index is 0.00495. The molecule has 27 heavy (non-hydrogen) atoms. The summed E-state index contributed by atoms with van der Waals surface area (Å²) in [6.45, 7) is 4.92. The fourth-order valence-electron chi connectivity index (χ4n) is 2.76. The minimum atomic E-state index is -0.592. The first-order chi connectivity index (χ1) is 12.9. The Labute approximate surface area is 158 Å². The zero-order valence-corrected chi connectivity index (χ0v) is 15.7. The Morgan fingerprint density at radius 1 is 1.00 bits per heavy atom. The number of esters is 1. The number of rotatable bonds is 6. The van der Waals surface area contributed by atoms with Gasteiger partial charge < -0.3 is 19.9 Å². The molecule has 2 rings (SSSR count). The molecule has 1 saturated heterocycles. The van der Waals surface area contributed by atoms with Crippen LogP contribution in [0.1, 0.15) is 25.3 Å². The molecule has 1 aromatic rings. The zero-order chi connectivity index (χ0) is 19.8. The Hall–Kier alpha value is -2.90. The standard InChI is InChI=1S/C19H25N3O5/c1-14-5-3-4-6-16(14)20-17(24)13-27-19(26)8-7-18(25)22-11-9-21(10-12-22)15(2)23/h3-6H,7-13H2,1-2H3,(H,20,24). The van der Waals surface area contributed by atoms with Crippen molar-refractivity contribution in [3.8, 4) is 0 Å². The van der Waals surface area contributed by atoms with Gasteiger partial charge in [-0.2, -0.15) is 0 Å². The molecule has 1 fully saturated rings. The molecule has 0 atom stereocenters. The molecule has 0 bridgehead atoms. The predicted octanol–water partition coefficient (Wildman–Crippen LogP) is 0.948. The number of amides is 3. The average molecular weight is 375 g/mol. The van der Waals surface area contributed by atoms with Gasteiger partial charge in [0, 0.05) is 45.2 Å². The number of nitrogens with zero attached hydrogens (tertiary/aromatic N) is 2. The molecule has 1 aliphatic rings. The summed E-state index contributed by atoms with van der Waals surface area (Å²) in [5.41, 5.74) is 1.58. The van der Waals surface area contributed by atoms with Crippen molar-refractivity contribution in [1.29, 1.82) is 0 Å². The number of ether oxygens (including phenoxy) is 1. The molecule has 0 spiro atoms. The molecule has 146 valence electrons. The van der Waals surface area contributed by atoms with Crippen molar-refractivity contribution in [2.75, 3.05) is 38.1 Å². The highest BCUT2D eigenvalue weighted by molar-refractivity contribution is 5.93. The fraction of sp³-hybridized carbons (Fsp3) is 0.474. The summed E-state index contributed by atoms with van der Waals surface area (Å²) in [5.74, 6) is -1.18. The van der Waals surface area contributed by atoms with E-state index in [0.717, 1.165) is 5.56 Å². The summed E-state index contributed by atoms with van der Waals surface area (Å²) >= 11 is 0. The number of para-hydroxylation sites is 1. The van der Waals surface area contributed by atoms with Crippen LogP contribution in [0.5, 0.6) is 0 Å². The van der Waals surface area contributed by atoms with E-state index in [0.29, 0.717) is 31.9 Å². The Morgan fingerprint density at radius 2 is 1.63 bits per heavy atom. The Balaban J connectivity index is 1.66. The normalized spacial score (nSPS) is 13.9. The highest BCUT2D eigenvalue weighted by Crippen LogP contribution is 2.13. The fourth-order valence-corrected chi connectivity index (χ4v) is 2.76. The van der Waals surface area contributed by atoms with Crippen LogP contribution in [0.25, 0.3) is 0 Å². The minimum Gasteiger partial charge on any atom is -0.456 e. The number of hydrogen-bond donors (Lipinski definition) is 1. The lowest BCUT2D eigenvalue weighted by atomic mass is 10.2. The molecule has 0 radical (unpaired) electrons. The van der Waals surface area contributed by atoms with Crippen LogP contribution in [0.3, 0.4) is 0 Å². The van der Waals surface area contributed by atoms with Crippen molar-refractivity contribution < 1.29 is 23.9 Å². The van der Waals surface area contributed by atoms with Gasteiger partial charge in [0.1, 0.15) is 0 Å². The number of piperazine rings is 1. The van der Waals surface area contributed by atoms with E-state index in [1.165, 1.54) is 6.92 Å². The van der Waals surface area contributed by atoms with Crippen molar-refractivity contribution >= 4 is 29.4 Å². The molecule has 3 amide bonds. The summed E-state index contributed by atoms with van der Waals surface area (Å²) in [7, 11) is 0. The van der Waals surface area contributed by atoms with Gasteiger partial charge in [-0.05, 0) is 18.6 Å². The van der Waals surface area contributed by atoms with Crippen molar-refractivity contribution in [3.63, 3.8) is 0 Å². The van der Waals surface area contributed by atoms with Crippen LogP contribution >= 0.6 is 0 Å². The Morgan fingerprint density at radius 3 is 2.26 bits per heavy atom. The molecule has 0 aliphatic carbocycles. The van der Waals surface area contributed by atoms with Gasteiger partial charge >= 0.3 is 5.97 Å². The van der Waals surface area contributed by atoms with E-state index < -0.39 is 18.5 Å². The number of nitrogens with one attached hydrogen (secondary N) is 1. The van der Waals surface area contributed by atoms with Gasteiger partial charge in [-0.25, -0.2) is 0 Å². The second-order valence-corrected chi connectivity index (χ2v) is 6.41. The Kier molecular flexibility index (Phi) is 7.34. The summed E-state index contributed by atoms with van der Waals surface area (Å²) in [5, 5.41) is 2.67. The number of benzene rings is 1. The molecule has 1 N–H and O–H groups in total. The van der Waals surface area contributed by atoms with Gasteiger partial charge in [0.15, 0.2) is 6.61 Å². The van der Waals surface area contributed by atoms with Gasteiger partial charge in [0.2, 0.25) is 11.8 Å². The molecule has 0 unspecified atom stereocenters. The number of carbonyl (C=O) groups excluding carboxylic acids is 4. The molecule has 1 aromatic carbocycles. The quantitative estimate of drug-likeness (QED) is 0.747. The first kappa shape index (κ1) is 20.4. The molecule has 8 nitrogen and oxygen atoms in total. The number of aryl methyl sites for hydroxylation is 1. The number of hydrogen-bond acceptors (Lipinski definition) is 5. The van der Waals surface area contributed by atoms with E-state index in [1.807, 2.05) is 19.1 Å². The summed E-state index contributed by atoms with van der Waals surface area (Å²) in [6.07, 6.45) is -0.0539. The van der Waals surface area contributed by atoms with Crippen molar-refractivity contribution in [1.82, 2.24) is 9.80 Å². The third-order valence-electron chi connectivity index (χ3n) is 4.40. The van der Waals surface area contributed by atoms with Crippen LogP contribution in [-0.2, 0) is 23.9 Å². The van der Waals surface area contributed by atoms with Gasteiger partial charge in [-0.15, -0.1) is 0 Å². The SMILES string of the molecule is CC(=O)N1CCN(C(=O)CCC(=O)OCC(=O)Nc2ccccc2C)CC1. The molecule has 1 aliphatic heterocycles. The first-order valence-electron chi connectivity index (χ1n) is 8.91. The van der Waals surface area contributed by atoms with E-state index >= 15 is 0 Å². The molecule has 1 heterocycles. The van der Waals surface area contributed by atoms with Gasteiger partial charge in [-0.1, -0.05) is 18.2 Å². The predicted molar refractivity (Wildman–Crippen MR) is 98.8 cm³/mol. The maximum atomic E-state index is 12.1. The summed E-state index contributed by atoms with van der Waals surface area (Å²) in [4.78, 5) is 50.3. The lowest BCUT2D eigenvalue weighted by Crippen LogP contribution is -2.50. The second kappa shape index (κ2) is 9.70. The lowest BCUT2D eigenvalue weighted by Gasteiger charge is -2.34. The first-order valence-corrected chi connectivity index (χ1v) is 8.91. The number of anilines is 1. The van der Waals surface area contributed by atoms with Gasteiger partial charge in [-0.3, -0.25) is 19.2 Å². The maximum absolute atomic E-state index is 12.1. The van der Waals surface area contributed by atoms with Crippen molar-refractivity contribution in [3.05, 3.63) is 29.8 Å². The molecule has 0 aromatic heterocycles. The van der Waals surface area contributed by atoms with Crippen molar-refractivity contribution in [2.45, 2.75) is 26.7 Å². The van der Waals surface area contributed by atoms with Crippen LogP contribution in [0.15, 0.2) is 24.3 Å². The van der Waals surface area contributed by atoms with Gasteiger partial charge in [0.25, 0.3) is 5.91 Å². The second-order valence-electron chi connectivity index (χ2n) is 6.41. The highest BCUT2D eigenvalue weighted by Gasteiger charge is 2.22. The third kappa shape index (κ3) is 6.40. The van der Waals surface area contributed by atoms with Crippen LogP contribution in [0.4, 0.5) is 5.69 Å². The number of carbonyl (C=O) groups is 4. The average Bonchev–Trinajstić information content (AvgIpc) is 2.66. The van der Waals surface area contributed by atoms with E-state index in [-0.39, 0.29) is 24.7 Å². The van der Waals surface area contributed by atoms with Crippen LogP contribution in [-0.4, -0.2) is 66.3 Å². The third-order valence-corrected chi connectivity index (χ3v) is 4.40. The zero-order valence-electron chi connectivity index (χ0n) is 15.7. The van der Waals surface area contributed by atoms with Crippen LogP contribution < -0.4 is 5.32 Å². The molecule has 8 heteroatoms. The summed E-state index contributed by atoms with van der Waals surface area (Å²) < 4.78 is 4.93. The molecular formula is C19H25N3O5. The summed E-state index contributed by atoms with van der Waals surface area (Å²) in [6, 6.07) is 7.29. The van der Waals surface area contributed by atoms with Gasteiger partial charge in [0.05, 0.1) is 6.42 Å².